The maximum absolute atomic E-state index is 6.04. The number of hydrogen-bond acceptors (Lipinski definition) is 3. The van der Waals surface area contributed by atoms with Gasteiger partial charge >= 0.3 is 0 Å². The molecule has 0 aromatic heterocycles. The molecular weight excluding hydrogens is 218 g/mol. The minimum atomic E-state index is 0.439. The van der Waals surface area contributed by atoms with E-state index in [0.29, 0.717) is 6.10 Å². The third-order valence-electron chi connectivity index (χ3n) is 3.26. The molecule has 1 aromatic carbocycles. The Hall–Kier alpha value is -0.830. The Balaban J connectivity index is 1.69. The first kappa shape index (κ1) is 10.3. The van der Waals surface area contributed by atoms with Gasteiger partial charge in [0.2, 0.25) is 0 Å². The predicted octanol–water partition coefficient (Wildman–Crippen LogP) is 2.93. The molecule has 2 aliphatic heterocycles. The Morgan fingerprint density at radius 1 is 1.25 bits per heavy atom. The second-order valence-electron chi connectivity index (χ2n) is 4.43. The van der Waals surface area contributed by atoms with Gasteiger partial charge < -0.3 is 10.1 Å². The van der Waals surface area contributed by atoms with Gasteiger partial charge in [-0.05, 0) is 54.5 Å². The largest absolute Gasteiger partial charge is 0.490 e. The maximum Gasteiger partial charge on any atom is 0.120 e. The number of nitrogens with one attached hydrogen (secondary N) is 1. The topological polar surface area (TPSA) is 21.3 Å². The molecule has 0 bridgehead atoms. The van der Waals surface area contributed by atoms with Gasteiger partial charge in [-0.25, -0.2) is 0 Å². The van der Waals surface area contributed by atoms with E-state index in [1.54, 1.807) is 0 Å². The third-order valence-corrected chi connectivity index (χ3v) is 4.31. The summed E-state index contributed by atoms with van der Waals surface area (Å²) >= 11 is 2.04. The maximum atomic E-state index is 6.04. The number of ether oxygens (including phenoxy) is 1. The van der Waals surface area contributed by atoms with E-state index in [2.05, 4.69) is 23.5 Å². The van der Waals surface area contributed by atoms with Crippen molar-refractivity contribution in [2.24, 2.45) is 0 Å². The van der Waals surface area contributed by atoms with Crippen LogP contribution in [-0.4, -0.2) is 24.2 Å². The number of benzene rings is 1. The molecule has 0 atom stereocenters. The molecule has 1 saturated heterocycles. The van der Waals surface area contributed by atoms with Gasteiger partial charge in [0.05, 0.1) is 0 Å². The van der Waals surface area contributed by atoms with Crippen LogP contribution in [0.2, 0.25) is 0 Å². The van der Waals surface area contributed by atoms with Crippen molar-refractivity contribution in [3.05, 3.63) is 23.8 Å². The number of fused-ring (bicyclic) bond motifs is 1. The van der Waals surface area contributed by atoms with E-state index in [1.165, 1.54) is 35.6 Å². The molecule has 1 aromatic rings. The summed E-state index contributed by atoms with van der Waals surface area (Å²) in [6.07, 6.45) is 3.96. The van der Waals surface area contributed by atoms with E-state index >= 15 is 0 Å². The minimum absolute atomic E-state index is 0.439. The molecule has 3 rings (SSSR count). The molecule has 0 unspecified atom stereocenters. The van der Waals surface area contributed by atoms with E-state index in [1.807, 2.05) is 11.8 Å². The quantitative estimate of drug-likeness (QED) is 0.851. The summed E-state index contributed by atoms with van der Waals surface area (Å²) < 4.78 is 6.04. The van der Waals surface area contributed by atoms with E-state index in [4.69, 9.17) is 4.74 Å². The SMILES string of the molecule is c1cc2c(cc1OC1CCSCC1)CCN2. The van der Waals surface area contributed by atoms with Crippen LogP contribution in [0.1, 0.15) is 18.4 Å². The van der Waals surface area contributed by atoms with E-state index in [9.17, 15) is 0 Å². The summed E-state index contributed by atoms with van der Waals surface area (Å²) in [6, 6.07) is 6.45. The van der Waals surface area contributed by atoms with Crippen LogP contribution in [0.3, 0.4) is 0 Å². The Morgan fingerprint density at radius 3 is 3.00 bits per heavy atom. The Kier molecular flexibility index (Phi) is 2.96. The molecule has 2 heterocycles. The molecule has 3 heteroatoms. The van der Waals surface area contributed by atoms with Crippen molar-refractivity contribution in [1.29, 1.82) is 0 Å². The van der Waals surface area contributed by atoms with Gasteiger partial charge in [-0.15, -0.1) is 0 Å². The molecule has 1 N–H and O–H groups in total. The molecule has 0 spiro atoms. The van der Waals surface area contributed by atoms with Crippen LogP contribution in [0.25, 0.3) is 0 Å². The molecule has 86 valence electrons. The highest BCUT2D eigenvalue weighted by Gasteiger charge is 2.16. The minimum Gasteiger partial charge on any atom is -0.490 e. The summed E-state index contributed by atoms with van der Waals surface area (Å²) in [4.78, 5) is 0. The lowest BCUT2D eigenvalue weighted by Gasteiger charge is -2.23. The number of anilines is 1. The van der Waals surface area contributed by atoms with Gasteiger partial charge in [-0.1, -0.05) is 0 Å². The monoisotopic (exact) mass is 235 g/mol. The molecular formula is C13H17NOS. The number of rotatable bonds is 2. The molecule has 0 radical (unpaired) electrons. The van der Waals surface area contributed by atoms with E-state index in [0.717, 1.165) is 18.7 Å². The average Bonchev–Trinajstić information content (AvgIpc) is 2.77. The standard InChI is InChI=1S/C13H17NOS/c1-2-13-10(3-6-14-13)9-12(1)15-11-4-7-16-8-5-11/h1-2,9,11,14H,3-8H2. The zero-order chi connectivity index (χ0) is 10.8. The van der Waals surface area contributed by atoms with Crippen molar-refractivity contribution in [2.45, 2.75) is 25.4 Å². The van der Waals surface area contributed by atoms with Gasteiger partial charge in [-0.2, -0.15) is 11.8 Å². The Morgan fingerprint density at radius 2 is 2.12 bits per heavy atom. The van der Waals surface area contributed by atoms with Crippen LogP contribution < -0.4 is 10.1 Å². The zero-order valence-electron chi connectivity index (χ0n) is 9.37. The van der Waals surface area contributed by atoms with Gasteiger partial charge in [0.25, 0.3) is 0 Å². The Bertz CT molecular complexity index is 374. The highest BCUT2D eigenvalue weighted by Crippen LogP contribution is 2.28. The first-order valence-electron chi connectivity index (χ1n) is 6.03. The lowest BCUT2D eigenvalue weighted by molar-refractivity contribution is 0.192. The van der Waals surface area contributed by atoms with Crippen molar-refractivity contribution >= 4 is 17.4 Å². The predicted molar refractivity (Wildman–Crippen MR) is 69.6 cm³/mol. The lowest BCUT2D eigenvalue weighted by atomic mass is 10.1. The van der Waals surface area contributed by atoms with Crippen LogP contribution in [0, 0.1) is 0 Å². The molecule has 16 heavy (non-hydrogen) atoms. The second-order valence-corrected chi connectivity index (χ2v) is 5.65. The fraction of sp³-hybridized carbons (Fsp3) is 0.538. The first-order chi connectivity index (χ1) is 7.92. The number of hydrogen-bond donors (Lipinski definition) is 1. The summed E-state index contributed by atoms with van der Waals surface area (Å²) in [7, 11) is 0. The lowest BCUT2D eigenvalue weighted by Crippen LogP contribution is -2.22. The molecule has 0 aliphatic carbocycles. The van der Waals surface area contributed by atoms with Crippen molar-refractivity contribution < 1.29 is 4.74 Å². The van der Waals surface area contributed by atoms with E-state index in [-0.39, 0.29) is 0 Å². The highest BCUT2D eigenvalue weighted by atomic mass is 32.2. The fourth-order valence-corrected chi connectivity index (χ4v) is 3.40. The fourth-order valence-electron chi connectivity index (χ4n) is 2.34. The van der Waals surface area contributed by atoms with E-state index < -0.39 is 0 Å². The number of thioether (sulfide) groups is 1. The van der Waals surface area contributed by atoms with Gasteiger partial charge in [0.15, 0.2) is 0 Å². The Labute approximate surface area is 101 Å². The van der Waals surface area contributed by atoms with Crippen LogP contribution in [0.5, 0.6) is 5.75 Å². The van der Waals surface area contributed by atoms with Crippen molar-refractivity contribution in [3.8, 4) is 5.75 Å². The van der Waals surface area contributed by atoms with Crippen LogP contribution in [-0.2, 0) is 6.42 Å². The van der Waals surface area contributed by atoms with Gasteiger partial charge in [-0.3, -0.25) is 0 Å². The highest BCUT2D eigenvalue weighted by molar-refractivity contribution is 7.99. The molecule has 1 fully saturated rings. The zero-order valence-corrected chi connectivity index (χ0v) is 10.2. The molecule has 0 amide bonds. The van der Waals surface area contributed by atoms with Gasteiger partial charge in [0.1, 0.15) is 11.9 Å². The summed E-state index contributed by atoms with van der Waals surface area (Å²) in [5, 5.41) is 3.37. The smallest absolute Gasteiger partial charge is 0.120 e. The third kappa shape index (κ3) is 2.14. The van der Waals surface area contributed by atoms with Gasteiger partial charge in [0, 0.05) is 12.2 Å². The molecule has 2 aliphatic rings. The van der Waals surface area contributed by atoms with Crippen LogP contribution >= 0.6 is 11.8 Å². The first-order valence-corrected chi connectivity index (χ1v) is 7.18. The second kappa shape index (κ2) is 4.58. The summed E-state index contributed by atoms with van der Waals surface area (Å²) in [6.45, 7) is 1.07. The summed E-state index contributed by atoms with van der Waals surface area (Å²) in [5.74, 6) is 3.55. The summed E-state index contributed by atoms with van der Waals surface area (Å²) in [5.41, 5.74) is 2.69. The van der Waals surface area contributed by atoms with Crippen molar-refractivity contribution in [3.63, 3.8) is 0 Å². The molecule has 2 nitrogen and oxygen atoms in total. The molecule has 0 saturated carbocycles. The average molecular weight is 235 g/mol. The van der Waals surface area contributed by atoms with Crippen LogP contribution in [0.4, 0.5) is 5.69 Å². The normalized spacial score (nSPS) is 20.2. The van der Waals surface area contributed by atoms with Crippen LogP contribution in [0.15, 0.2) is 18.2 Å². The van der Waals surface area contributed by atoms with Crippen molar-refractivity contribution in [1.82, 2.24) is 0 Å². The van der Waals surface area contributed by atoms with Crippen molar-refractivity contribution in [2.75, 3.05) is 23.4 Å².